The Hall–Kier alpha value is -3.21. The number of alkyl halides is 3. The van der Waals surface area contributed by atoms with Crippen molar-refractivity contribution in [2.24, 2.45) is 7.05 Å². The number of fused-ring (bicyclic) bond motifs is 1. The summed E-state index contributed by atoms with van der Waals surface area (Å²) in [6, 6.07) is 5.81. The van der Waals surface area contributed by atoms with E-state index in [0.29, 0.717) is 20.8 Å². The fourth-order valence-corrected chi connectivity index (χ4v) is 3.94. The van der Waals surface area contributed by atoms with Gasteiger partial charge in [-0.25, -0.2) is 9.50 Å². The van der Waals surface area contributed by atoms with E-state index in [1.165, 1.54) is 22.1 Å². The predicted octanol–water partition coefficient (Wildman–Crippen LogP) is 4.33. The second-order valence-electron chi connectivity index (χ2n) is 6.70. The van der Waals surface area contributed by atoms with Crippen molar-refractivity contribution in [1.82, 2.24) is 24.4 Å². The van der Waals surface area contributed by atoms with E-state index in [9.17, 15) is 18.0 Å². The van der Waals surface area contributed by atoms with Gasteiger partial charge in [-0.05, 0) is 31.5 Å². The highest BCUT2D eigenvalue weighted by Gasteiger charge is 2.36. The van der Waals surface area contributed by atoms with E-state index in [-0.39, 0.29) is 17.0 Å². The van der Waals surface area contributed by atoms with E-state index in [4.69, 9.17) is 0 Å². The highest BCUT2D eigenvalue weighted by Crippen LogP contribution is 2.34. The molecule has 30 heavy (non-hydrogen) atoms. The Morgan fingerprint density at radius 3 is 2.60 bits per heavy atom. The van der Waals surface area contributed by atoms with Gasteiger partial charge in [-0.1, -0.05) is 6.92 Å². The van der Waals surface area contributed by atoms with Crippen molar-refractivity contribution >= 4 is 28.6 Å². The summed E-state index contributed by atoms with van der Waals surface area (Å²) in [4.78, 5) is 18.6. The number of carbonyl (C=O) groups excluding carboxylic acids is 1. The normalized spacial score (nSPS) is 11.9. The van der Waals surface area contributed by atoms with Gasteiger partial charge in [0.1, 0.15) is 0 Å². The number of anilines is 1. The van der Waals surface area contributed by atoms with Gasteiger partial charge in [0.15, 0.2) is 17.0 Å². The SMILES string of the molecule is CCc1ccc(-c2cc(C(F)(F)F)n3nc(C(=O)Nc4cn(C)nc4C)cc3n2)s1. The van der Waals surface area contributed by atoms with Crippen molar-refractivity contribution in [2.75, 3.05) is 5.32 Å². The summed E-state index contributed by atoms with van der Waals surface area (Å²) in [5.74, 6) is -0.643. The average Bonchev–Trinajstić information content (AvgIpc) is 3.38. The minimum atomic E-state index is -4.67. The van der Waals surface area contributed by atoms with E-state index >= 15 is 0 Å². The van der Waals surface area contributed by atoms with E-state index in [0.717, 1.165) is 17.4 Å². The molecule has 0 bridgehead atoms. The molecule has 156 valence electrons. The molecule has 0 aliphatic rings. The maximum absolute atomic E-state index is 13.7. The predicted molar refractivity (Wildman–Crippen MR) is 107 cm³/mol. The number of nitrogens with zero attached hydrogens (tertiary/aromatic N) is 5. The lowest BCUT2D eigenvalue weighted by Gasteiger charge is -2.10. The minimum absolute atomic E-state index is 0.0562. The van der Waals surface area contributed by atoms with E-state index in [2.05, 4.69) is 20.5 Å². The number of halogens is 3. The standard InChI is InChI=1S/C19H17F3N6OS/c1-4-11-5-6-15(30-11)12-7-16(19(20,21)22)28-17(23-12)8-13(26-28)18(29)24-14-9-27(3)25-10(14)2/h5-9H,4H2,1-3H3,(H,24,29). The Labute approximate surface area is 173 Å². The van der Waals surface area contributed by atoms with Crippen molar-refractivity contribution in [3.8, 4) is 10.6 Å². The van der Waals surface area contributed by atoms with Crippen LogP contribution in [0.4, 0.5) is 18.9 Å². The molecule has 11 heteroatoms. The molecule has 0 aromatic carbocycles. The molecule has 1 amide bonds. The quantitative estimate of drug-likeness (QED) is 0.519. The van der Waals surface area contributed by atoms with Crippen molar-refractivity contribution in [1.29, 1.82) is 0 Å². The Balaban J connectivity index is 1.78. The van der Waals surface area contributed by atoms with Crippen LogP contribution in [0.2, 0.25) is 0 Å². The molecule has 1 N–H and O–H groups in total. The molecule has 0 fully saturated rings. The second kappa shape index (κ2) is 7.24. The Bertz CT molecular complexity index is 1250. The zero-order chi connectivity index (χ0) is 21.6. The van der Waals surface area contributed by atoms with Crippen LogP contribution in [0, 0.1) is 6.92 Å². The zero-order valence-electron chi connectivity index (χ0n) is 16.3. The number of thiophene rings is 1. The molecule has 0 aliphatic carbocycles. The number of hydrogen-bond donors (Lipinski definition) is 1. The van der Waals surface area contributed by atoms with Crippen LogP contribution in [0.1, 0.15) is 33.7 Å². The van der Waals surface area contributed by atoms with Crippen LogP contribution in [0.3, 0.4) is 0 Å². The third-order valence-electron chi connectivity index (χ3n) is 4.47. The second-order valence-corrected chi connectivity index (χ2v) is 7.87. The van der Waals surface area contributed by atoms with Gasteiger partial charge in [0.2, 0.25) is 0 Å². The number of carbonyl (C=O) groups is 1. The van der Waals surface area contributed by atoms with Crippen molar-refractivity contribution < 1.29 is 18.0 Å². The summed E-state index contributed by atoms with van der Waals surface area (Å²) in [5.41, 5.74) is -0.00133. The van der Waals surface area contributed by atoms with Gasteiger partial charge < -0.3 is 5.32 Å². The van der Waals surface area contributed by atoms with Crippen LogP contribution in [-0.4, -0.2) is 30.3 Å². The zero-order valence-corrected chi connectivity index (χ0v) is 17.1. The van der Waals surface area contributed by atoms with Crippen molar-refractivity contribution in [2.45, 2.75) is 26.4 Å². The van der Waals surface area contributed by atoms with Gasteiger partial charge in [-0.2, -0.15) is 23.4 Å². The maximum atomic E-state index is 13.7. The molecule has 4 heterocycles. The summed E-state index contributed by atoms with van der Waals surface area (Å²) in [6.07, 6.45) is -2.28. The largest absolute Gasteiger partial charge is 0.433 e. The molecule has 4 aromatic heterocycles. The minimum Gasteiger partial charge on any atom is -0.318 e. The first kappa shape index (κ1) is 20.1. The number of rotatable bonds is 4. The Morgan fingerprint density at radius 2 is 2.00 bits per heavy atom. The van der Waals surface area contributed by atoms with Crippen molar-refractivity contribution in [3.05, 3.63) is 52.4 Å². The van der Waals surface area contributed by atoms with Gasteiger partial charge in [-0.3, -0.25) is 9.48 Å². The highest BCUT2D eigenvalue weighted by atomic mass is 32.1. The summed E-state index contributed by atoms with van der Waals surface area (Å²) >= 11 is 1.38. The molecule has 4 rings (SSSR count). The summed E-state index contributed by atoms with van der Waals surface area (Å²) in [6.45, 7) is 3.68. The molecule has 4 aromatic rings. The molecule has 0 spiro atoms. The van der Waals surface area contributed by atoms with Gasteiger partial charge in [-0.15, -0.1) is 11.3 Å². The van der Waals surface area contributed by atoms with Crippen LogP contribution in [0.15, 0.2) is 30.5 Å². The van der Waals surface area contributed by atoms with Crippen LogP contribution in [0.25, 0.3) is 16.2 Å². The van der Waals surface area contributed by atoms with E-state index in [1.54, 1.807) is 26.2 Å². The fraction of sp³-hybridized carbons (Fsp3) is 0.263. The Morgan fingerprint density at radius 1 is 1.23 bits per heavy atom. The lowest BCUT2D eigenvalue weighted by Crippen LogP contribution is -2.15. The molecule has 0 atom stereocenters. The summed E-state index contributed by atoms with van der Waals surface area (Å²) in [7, 11) is 1.70. The first-order valence-electron chi connectivity index (χ1n) is 9.04. The van der Waals surface area contributed by atoms with Crippen LogP contribution in [-0.2, 0) is 19.6 Å². The third kappa shape index (κ3) is 3.67. The number of aryl methyl sites for hydroxylation is 3. The number of hydrogen-bond acceptors (Lipinski definition) is 5. The first-order valence-corrected chi connectivity index (χ1v) is 9.86. The first-order chi connectivity index (χ1) is 14.2. The van der Waals surface area contributed by atoms with E-state index in [1.807, 2.05) is 13.0 Å². The smallest absolute Gasteiger partial charge is 0.318 e. The number of nitrogens with one attached hydrogen (secondary N) is 1. The van der Waals surface area contributed by atoms with Crippen LogP contribution >= 0.6 is 11.3 Å². The molecule has 0 aliphatic heterocycles. The average molecular weight is 434 g/mol. The van der Waals surface area contributed by atoms with Crippen molar-refractivity contribution in [3.63, 3.8) is 0 Å². The van der Waals surface area contributed by atoms with Crippen LogP contribution in [0.5, 0.6) is 0 Å². The highest BCUT2D eigenvalue weighted by molar-refractivity contribution is 7.15. The molecule has 0 radical (unpaired) electrons. The van der Waals surface area contributed by atoms with Gasteiger partial charge in [0, 0.05) is 24.2 Å². The fourth-order valence-electron chi connectivity index (χ4n) is 3.03. The van der Waals surface area contributed by atoms with Crippen LogP contribution < -0.4 is 5.32 Å². The summed E-state index contributed by atoms with van der Waals surface area (Å²) < 4.78 is 43.3. The molecular formula is C19H17F3N6OS. The molecular weight excluding hydrogens is 417 g/mol. The molecule has 0 saturated heterocycles. The number of amides is 1. The monoisotopic (exact) mass is 434 g/mol. The van der Waals surface area contributed by atoms with E-state index < -0.39 is 17.8 Å². The number of aromatic nitrogens is 5. The maximum Gasteiger partial charge on any atom is 0.433 e. The molecule has 7 nitrogen and oxygen atoms in total. The van der Waals surface area contributed by atoms with Gasteiger partial charge in [0.05, 0.1) is 22.0 Å². The molecule has 0 saturated carbocycles. The summed E-state index contributed by atoms with van der Waals surface area (Å²) in [5, 5.41) is 10.6. The lowest BCUT2D eigenvalue weighted by molar-refractivity contribution is -0.142. The van der Waals surface area contributed by atoms with Gasteiger partial charge >= 0.3 is 6.18 Å². The third-order valence-corrected chi connectivity index (χ3v) is 5.73. The molecule has 0 unspecified atom stereocenters. The lowest BCUT2D eigenvalue weighted by atomic mass is 10.2. The van der Waals surface area contributed by atoms with Gasteiger partial charge in [0.25, 0.3) is 5.91 Å². The topological polar surface area (TPSA) is 77.1 Å². The Kier molecular flexibility index (Phi) is 4.85.